The highest BCUT2D eigenvalue weighted by Crippen LogP contribution is 2.28. The minimum absolute atomic E-state index is 0.0446. The smallest absolute Gasteiger partial charge is 0.289 e. The maximum absolute atomic E-state index is 12.0. The first-order valence-electron chi connectivity index (χ1n) is 5.55. The van der Waals surface area contributed by atoms with Gasteiger partial charge in [-0.3, -0.25) is 4.79 Å². The van der Waals surface area contributed by atoms with Crippen LogP contribution in [0.4, 0.5) is 0 Å². The van der Waals surface area contributed by atoms with Gasteiger partial charge in [-0.15, -0.1) is 0 Å². The Bertz CT molecular complexity index is 418. The van der Waals surface area contributed by atoms with Crippen molar-refractivity contribution in [2.24, 2.45) is 0 Å². The summed E-state index contributed by atoms with van der Waals surface area (Å²) in [6.07, 6.45) is 2.21. The third kappa shape index (κ3) is 1.53. The second-order valence-corrected chi connectivity index (χ2v) is 4.70. The van der Waals surface area contributed by atoms with Gasteiger partial charge in [0.25, 0.3) is 5.91 Å². The molecule has 0 aromatic carbocycles. The van der Waals surface area contributed by atoms with Crippen molar-refractivity contribution in [2.75, 3.05) is 13.1 Å². The van der Waals surface area contributed by atoms with Crippen LogP contribution in [0, 0.1) is 0 Å². The minimum atomic E-state index is -0.0446. The van der Waals surface area contributed by atoms with Crippen LogP contribution in [0.5, 0.6) is 0 Å². The van der Waals surface area contributed by atoms with Gasteiger partial charge in [0.1, 0.15) is 0 Å². The Balaban J connectivity index is 1.72. The molecule has 5 heteroatoms. The van der Waals surface area contributed by atoms with Gasteiger partial charge in [0.2, 0.25) is 0 Å². The zero-order valence-electron chi connectivity index (χ0n) is 8.78. The molecule has 0 saturated carbocycles. The van der Waals surface area contributed by atoms with E-state index in [-0.39, 0.29) is 11.1 Å². The van der Waals surface area contributed by atoms with E-state index in [2.05, 4.69) is 5.32 Å². The van der Waals surface area contributed by atoms with E-state index in [0.717, 1.165) is 25.9 Å². The minimum Gasteiger partial charge on any atom is -0.440 e. The molecule has 3 heterocycles. The lowest BCUT2D eigenvalue weighted by Crippen LogP contribution is -2.69. The number of rotatable bonds is 1. The molecule has 2 fully saturated rings. The van der Waals surface area contributed by atoms with Crippen molar-refractivity contribution in [1.29, 1.82) is 0 Å². The lowest BCUT2D eigenvalue weighted by atomic mass is 9.88. The van der Waals surface area contributed by atoms with E-state index in [1.807, 2.05) is 4.90 Å². The summed E-state index contributed by atoms with van der Waals surface area (Å²) in [6.45, 7) is 1.84. The van der Waals surface area contributed by atoms with Crippen LogP contribution in [-0.2, 0) is 0 Å². The number of hydrogen-bond donors (Lipinski definition) is 1. The maximum Gasteiger partial charge on any atom is 0.289 e. The van der Waals surface area contributed by atoms with Crippen LogP contribution in [0.2, 0.25) is 5.22 Å². The zero-order chi connectivity index (χ0) is 11.1. The number of hydrogen-bond acceptors (Lipinski definition) is 3. The van der Waals surface area contributed by atoms with Crippen molar-refractivity contribution in [3.05, 3.63) is 23.1 Å². The highest BCUT2D eigenvalue weighted by atomic mass is 35.5. The van der Waals surface area contributed by atoms with Crippen molar-refractivity contribution >= 4 is 17.5 Å². The van der Waals surface area contributed by atoms with Crippen LogP contribution < -0.4 is 5.32 Å². The first-order chi connectivity index (χ1) is 7.75. The summed E-state index contributed by atoms with van der Waals surface area (Å²) in [4.78, 5) is 13.9. The number of nitrogens with one attached hydrogen (secondary N) is 1. The summed E-state index contributed by atoms with van der Waals surface area (Å²) in [7, 11) is 0. The molecule has 0 bridgehead atoms. The fourth-order valence-electron chi connectivity index (χ4n) is 2.51. The Morgan fingerprint density at radius 3 is 3.12 bits per heavy atom. The molecule has 1 aromatic rings. The molecule has 16 heavy (non-hydrogen) atoms. The summed E-state index contributed by atoms with van der Waals surface area (Å²) in [5.74, 6) is 0.297. The third-order valence-electron chi connectivity index (χ3n) is 3.39. The van der Waals surface area contributed by atoms with Gasteiger partial charge in [-0.25, -0.2) is 0 Å². The van der Waals surface area contributed by atoms with Crippen LogP contribution in [0.1, 0.15) is 23.4 Å². The number of amides is 1. The average Bonchev–Trinajstić information content (AvgIpc) is 2.67. The van der Waals surface area contributed by atoms with Crippen LogP contribution in [0.15, 0.2) is 16.5 Å². The Kier molecular flexibility index (Phi) is 2.41. The van der Waals surface area contributed by atoms with Crippen molar-refractivity contribution in [2.45, 2.75) is 24.9 Å². The second-order valence-electron chi connectivity index (χ2n) is 4.33. The predicted molar refractivity (Wildman–Crippen MR) is 59.6 cm³/mol. The molecule has 86 valence electrons. The highest BCUT2D eigenvalue weighted by Gasteiger charge is 2.43. The van der Waals surface area contributed by atoms with Crippen LogP contribution in [0.25, 0.3) is 0 Å². The van der Waals surface area contributed by atoms with Gasteiger partial charge in [-0.2, -0.15) is 0 Å². The monoisotopic (exact) mass is 240 g/mol. The highest BCUT2D eigenvalue weighted by molar-refractivity contribution is 6.29. The maximum atomic E-state index is 12.0. The Morgan fingerprint density at radius 2 is 2.44 bits per heavy atom. The molecule has 1 aromatic heterocycles. The quantitative estimate of drug-likeness (QED) is 0.810. The molecule has 2 aliphatic rings. The van der Waals surface area contributed by atoms with E-state index >= 15 is 0 Å². The average molecular weight is 241 g/mol. The van der Waals surface area contributed by atoms with Gasteiger partial charge in [-0.05, 0) is 43.1 Å². The molecule has 0 radical (unpaired) electrons. The fraction of sp³-hybridized carbons (Fsp3) is 0.545. The standard InChI is InChI=1S/C11H13ClN2O2/c12-10-4-3-9(16-10)11(15)14-6-7-8(14)2-1-5-13-7/h3-4,7-8,13H,1-2,5-6H2. The molecular weight excluding hydrogens is 228 g/mol. The van der Waals surface area contributed by atoms with Gasteiger partial charge in [0, 0.05) is 18.6 Å². The van der Waals surface area contributed by atoms with Crippen molar-refractivity contribution < 1.29 is 9.21 Å². The van der Waals surface area contributed by atoms with E-state index in [1.54, 1.807) is 12.1 Å². The fourth-order valence-corrected chi connectivity index (χ4v) is 2.65. The molecule has 1 amide bonds. The van der Waals surface area contributed by atoms with Crippen molar-refractivity contribution in [1.82, 2.24) is 10.2 Å². The molecule has 2 unspecified atom stereocenters. The molecule has 3 rings (SSSR count). The van der Waals surface area contributed by atoms with Crippen molar-refractivity contribution in [3.8, 4) is 0 Å². The Morgan fingerprint density at radius 1 is 1.56 bits per heavy atom. The number of carbonyl (C=O) groups is 1. The largest absolute Gasteiger partial charge is 0.440 e. The summed E-state index contributed by atoms with van der Waals surface area (Å²) in [5, 5.41) is 3.68. The number of furan rings is 1. The van der Waals surface area contributed by atoms with Crippen molar-refractivity contribution in [3.63, 3.8) is 0 Å². The van der Waals surface area contributed by atoms with Gasteiger partial charge >= 0.3 is 0 Å². The predicted octanol–water partition coefficient (Wildman–Crippen LogP) is 1.51. The summed E-state index contributed by atoms with van der Waals surface area (Å²) >= 11 is 5.66. The number of likely N-dealkylation sites (tertiary alicyclic amines) is 1. The molecular formula is C11H13ClN2O2. The van der Waals surface area contributed by atoms with E-state index in [4.69, 9.17) is 16.0 Å². The third-order valence-corrected chi connectivity index (χ3v) is 3.59. The lowest BCUT2D eigenvalue weighted by molar-refractivity contribution is 0.0148. The van der Waals surface area contributed by atoms with E-state index in [1.165, 1.54) is 0 Å². The Labute approximate surface area is 98.5 Å². The van der Waals surface area contributed by atoms with Gasteiger partial charge in [0.15, 0.2) is 11.0 Å². The second kappa shape index (κ2) is 3.79. The first kappa shape index (κ1) is 10.2. The van der Waals surface area contributed by atoms with Gasteiger partial charge in [0.05, 0.1) is 0 Å². The number of carbonyl (C=O) groups excluding carboxylic acids is 1. The molecule has 1 N–H and O–H groups in total. The van der Waals surface area contributed by atoms with Crippen LogP contribution in [0.3, 0.4) is 0 Å². The zero-order valence-corrected chi connectivity index (χ0v) is 9.54. The number of nitrogens with zero attached hydrogens (tertiary/aromatic N) is 1. The summed E-state index contributed by atoms with van der Waals surface area (Å²) in [5.41, 5.74) is 0. The molecule has 2 atom stereocenters. The number of fused-ring (bicyclic) bond motifs is 1. The molecule has 0 spiro atoms. The lowest BCUT2D eigenvalue weighted by Gasteiger charge is -2.50. The van der Waals surface area contributed by atoms with E-state index < -0.39 is 0 Å². The SMILES string of the molecule is O=C(c1ccc(Cl)o1)N1CC2NCCCC21. The topological polar surface area (TPSA) is 45.5 Å². The first-order valence-corrected chi connectivity index (χ1v) is 5.93. The molecule has 2 aliphatic heterocycles. The van der Waals surface area contributed by atoms with Crippen LogP contribution in [-0.4, -0.2) is 36.0 Å². The molecule has 4 nitrogen and oxygen atoms in total. The Hall–Kier alpha value is -1.00. The summed E-state index contributed by atoms with van der Waals surface area (Å²) in [6, 6.07) is 4.05. The van der Waals surface area contributed by atoms with E-state index in [9.17, 15) is 4.79 Å². The van der Waals surface area contributed by atoms with Gasteiger partial charge in [-0.1, -0.05) is 0 Å². The number of halogens is 1. The van der Waals surface area contributed by atoms with E-state index in [0.29, 0.717) is 17.8 Å². The number of piperidine rings is 1. The normalized spacial score (nSPS) is 28.4. The molecule has 2 saturated heterocycles. The van der Waals surface area contributed by atoms with Crippen LogP contribution >= 0.6 is 11.6 Å². The molecule has 0 aliphatic carbocycles. The summed E-state index contributed by atoms with van der Waals surface area (Å²) < 4.78 is 5.14. The van der Waals surface area contributed by atoms with Gasteiger partial charge < -0.3 is 14.6 Å².